The van der Waals surface area contributed by atoms with E-state index in [1.54, 1.807) is 57.4 Å². The summed E-state index contributed by atoms with van der Waals surface area (Å²) in [5.74, 6) is 2.66. The van der Waals surface area contributed by atoms with E-state index >= 15 is 0 Å². The van der Waals surface area contributed by atoms with Crippen LogP contribution in [0.5, 0.6) is 23.0 Å². The van der Waals surface area contributed by atoms with Crippen molar-refractivity contribution in [2.75, 3.05) is 39.1 Å². The van der Waals surface area contributed by atoms with Crippen molar-refractivity contribution in [1.29, 1.82) is 0 Å². The number of fused-ring (bicyclic) bond motifs is 1. The van der Waals surface area contributed by atoms with Gasteiger partial charge in [-0.2, -0.15) is 4.98 Å². The Balaban J connectivity index is 1.62. The van der Waals surface area contributed by atoms with Gasteiger partial charge in [-0.15, -0.1) is 5.10 Å². The average molecular weight is 542 g/mol. The fourth-order valence-electron chi connectivity index (χ4n) is 4.86. The van der Waals surface area contributed by atoms with E-state index in [1.807, 2.05) is 50.2 Å². The third kappa shape index (κ3) is 4.79. The van der Waals surface area contributed by atoms with Gasteiger partial charge in [0, 0.05) is 11.3 Å². The Labute approximate surface area is 232 Å². The summed E-state index contributed by atoms with van der Waals surface area (Å²) in [5.41, 5.74) is 4.36. The lowest BCUT2D eigenvalue weighted by molar-refractivity contribution is -0.113. The number of hydrogen-bond donors (Lipinski definition) is 2. The molecule has 1 amide bonds. The third-order valence-electron chi connectivity index (χ3n) is 6.73. The van der Waals surface area contributed by atoms with Gasteiger partial charge in [0.1, 0.15) is 11.8 Å². The largest absolute Gasteiger partial charge is 0.495 e. The molecule has 1 atom stereocenters. The van der Waals surface area contributed by atoms with Gasteiger partial charge in [-0.25, -0.2) is 4.68 Å². The molecule has 4 aromatic rings. The first-order valence-corrected chi connectivity index (χ1v) is 12.6. The second kappa shape index (κ2) is 11.0. The zero-order valence-corrected chi connectivity index (χ0v) is 23.2. The van der Waals surface area contributed by atoms with Crippen molar-refractivity contribution >= 4 is 17.5 Å². The van der Waals surface area contributed by atoms with Crippen molar-refractivity contribution in [3.8, 4) is 34.4 Å². The van der Waals surface area contributed by atoms with E-state index in [0.29, 0.717) is 57.3 Å². The number of nitrogens with one attached hydrogen (secondary N) is 2. The van der Waals surface area contributed by atoms with Crippen molar-refractivity contribution in [3.63, 3.8) is 0 Å². The Morgan fingerprint density at radius 3 is 2.23 bits per heavy atom. The number of aromatic nitrogens is 3. The van der Waals surface area contributed by atoms with Gasteiger partial charge in [-0.05, 0) is 43.7 Å². The van der Waals surface area contributed by atoms with E-state index in [1.165, 1.54) is 0 Å². The summed E-state index contributed by atoms with van der Waals surface area (Å²) in [7, 11) is 6.24. The lowest BCUT2D eigenvalue weighted by Gasteiger charge is -2.29. The Bertz CT molecular complexity index is 1580. The summed E-state index contributed by atoms with van der Waals surface area (Å²) in [6.07, 6.45) is 0. The van der Waals surface area contributed by atoms with Crippen molar-refractivity contribution in [2.24, 2.45) is 0 Å². The molecule has 0 bridgehead atoms. The summed E-state index contributed by atoms with van der Waals surface area (Å²) in [6, 6.07) is 18.3. The maximum Gasteiger partial charge on any atom is 0.255 e. The number of carbonyl (C=O) groups excluding carboxylic acids is 1. The summed E-state index contributed by atoms with van der Waals surface area (Å²) < 4.78 is 23.7. The zero-order chi connectivity index (χ0) is 28.4. The average Bonchev–Trinajstić information content (AvgIpc) is 3.39. The molecule has 0 fully saturated rings. The number of para-hydroxylation sites is 2. The van der Waals surface area contributed by atoms with Crippen LogP contribution in [-0.2, 0) is 4.79 Å². The van der Waals surface area contributed by atoms with Gasteiger partial charge in [-0.3, -0.25) is 4.79 Å². The zero-order valence-electron chi connectivity index (χ0n) is 23.2. The van der Waals surface area contributed by atoms with E-state index < -0.39 is 6.04 Å². The van der Waals surface area contributed by atoms with Gasteiger partial charge in [0.2, 0.25) is 11.7 Å². The van der Waals surface area contributed by atoms with Crippen LogP contribution in [0.1, 0.15) is 24.1 Å². The van der Waals surface area contributed by atoms with Crippen LogP contribution in [0.2, 0.25) is 0 Å². The molecular formula is C30H31N5O5. The monoisotopic (exact) mass is 541 g/mol. The lowest BCUT2D eigenvalue weighted by Crippen LogP contribution is -2.31. The maximum atomic E-state index is 13.9. The molecule has 1 aromatic heterocycles. The first-order valence-electron chi connectivity index (χ1n) is 12.6. The van der Waals surface area contributed by atoms with E-state index in [2.05, 4.69) is 10.6 Å². The highest BCUT2D eigenvalue weighted by Gasteiger charge is 2.35. The molecule has 2 N–H and O–H groups in total. The van der Waals surface area contributed by atoms with Gasteiger partial charge in [0.25, 0.3) is 5.91 Å². The van der Waals surface area contributed by atoms with Crippen LogP contribution >= 0.6 is 0 Å². The first-order chi connectivity index (χ1) is 19.4. The number of methoxy groups -OCH3 is 4. The molecule has 3 aromatic carbocycles. The van der Waals surface area contributed by atoms with E-state index in [9.17, 15) is 4.79 Å². The van der Waals surface area contributed by atoms with Crippen molar-refractivity contribution in [1.82, 2.24) is 14.8 Å². The fourth-order valence-corrected chi connectivity index (χ4v) is 4.86. The Hall–Kier alpha value is -4.99. The molecule has 0 saturated heterocycles. The number of carbonyl (C=O) groups is 1. The maximum absolute atomic E-state index is 13.9. The molecule has 0 saturated carbocycles. The highest BCUT2D eigenvalue weighted by molar-refractivity contribution is 6.06. The number of nitrogens with zero attached hydrogens (tertiary/aromatic N) is 3. The number of ether oxygens (including phenoxy) is 4. The molecule has 1 aliphatic rings. The minimum absolute atomic E-state index is 0.281. The summed E-state index contributed by atoms with van der Waals surface area (Å²) in [5, 5.41) is 11.2. The summed E-state index contributed by atoms with van der Waals surface area (Å²) in [6.45, 7) is 3.87. The normalized spacial score (nSPS) is 14.2. The third-order valence-corrected chi connectivity index (χ3v) is 6.73. The summed E-state index contributed by atoms with van der Waals surface area (Å²) >= 11 is 0. The SMILES string of the molecule is COc1ccccc1NC(=O)C1=C(C)Nc2nc(-c3cc(OC)c(OC)c(OC)c3)nn2C1c1cccc(C)c1. The number of allylic oxidation sites excluding steroid dienone is 1. The number of aryl methyl sites for hydroxylation is 1. The van der Waals surface area contributed by atoms with Crippen LogP contribution in [0.4, 0.5) is 11.6 Å². The molecule has 206 valence electrons. The van der Waals surface area contributed by atoms with Crippen LogP contribution in [-0.4, -0.2) is 49.1 Å². The number of hydrogen-bond acceptors (Lipinski definition) is 8. The molecule has 10 heteroatoms. The van der Waals surface area contributed by atoms with Crippen LogP contribution in [0.3, 0.4) is 0 Å². The molecule has 0 aliphatic carbocycles. The predicted molar refractivity (Wildman–Crippen MR) is 152 cm³/mol. The smallest absolute Gasteiger partial charge is 0.255 e. The van der Waals surface area contributed by atoms with E-state index in [0.717, 1.165) is 11.1 Å². The molecular weight excluding hydrogens is 510 g/mol. The van der Waals surface area contributed by atoms with Crippen LogP contribution in [0.15, 0.2) is 71.9 Å². The van der Waals surface area contributed by atoms with E-state index in [-0.39, 0.29) is 5.91 Å². The van der Waals surface area contributed by atoms with Gasteiger partial charge >= 0.3 is 0 Å². The number of amides is 1. The highest BCUT2D eigenvalue weighted by Crippen LogP contribution is 2.42. The van der Waals surface area contributed by atoms with Crippen molar-refractivity contribution in [2.45, 2.75) is 19.9 Å². The molecule has 0 spiro atoms. The molecule has 1 unspecified atom stereocenters. The molecule has 40 heavy (non-hydrogen) atoms. The molecule has 2 heterocycles. The van der Waals surface area contributed by atoms with Gasteiger partial charge in [0.15, 0.2) is 17.3 Å². The van der Waals surface area contributed by atoms with Crippen LogP contribution in [0.25, 0.3) is 11.4 Å². The fraction of sp³-hybridized carbons (Fsp3) is 0.233. The second-order valence-electron chi connectivity index (χ2n) is 9.25. The first kappa shape index (κ1) is 26.6. The standard InChI is InChI=1S/C30H31N5O5/c1-17-10-9-11-19(14-17)26-25(29(36)32-21-12-7-8-13-22(21)37-3)18(2)31-30-33-28(34-35(26)30)20-15-23(38-4)27(40-6)24(16-20)39-5/h7-16,26H,1-6H3,(H,32,36)(H,31,33,34). The van der Waals surface area contributed by atoms with Gasteiger partial charge < -0.3 is 29.6 Å². The quantitative estimate of drug-likeness (QED) is 0.313. The lowest BCUT2D eigenvalue weighted by atomic mass is 9.94. The van der Waals surface area contributed by atoms with Crippen molar-refractivity contribution < 1.29 is 23.7 Å². The Morgan fingerprint density at radius 2 is 1.57 bits per heavy atom. The van der Waals surface area contributed by atoms with Crippen molar-refractivity contribution in [3.05, 3.63) is 83.1 Å². The van der Waals surface area contributed by atoms with Gasteiger partial charge in [0.05, 0.1) is 39.7 Å². The highest BCUT2D eigenvalue weighted by atomic mass is 16.5. The van der Waals surface area contributed by atoms with Crippen LogP contribution < -0.4 is 29.6 Å². The second-order valence-corrected chi connectivity index (χ2v) is 9.25. The number of anilines is 2. The Kier molecular flexibility index (Phi) is 7.33. The van der Waals surface area contributed by atoms with E-state index in [4.69, 9.17) is 29.0 Å². The summed E-state index contributed by atoms with van der Waals surface area (Å²) in [4.78, 5) is 18.6. The molecule has 0 radical (unpaired) electrons. The number of rotatable bonds is 8. The van der Waals surface area contributed by atoms with Gasteiger partial charge in [-0.1, -0.05) is 42.0 Å². The van der Waals surface area contributed by atoms with Crippen LogP contribution in [0, 0.1) is 6.92 Å². The Morgan fingerprint density at radius 1 is 0.875 bits per heavy atom. The molecule has 1 aliphatic heterocycles. The minimum Gasteiger partial charge on any atom is -0.495 e. The topological polar surface area (TPSA) is 109 Å². The minimum atomic E-state index is -0.547. The number of benzene rings is 3. The molecule has 5 rings (SSSR count). The predicted octanol–water partition coefficient (Wildman–Crippen LogP) is 5.22. The molecule has 10 nitrogen and oxygen atoms in total.